The van der Waals surface area contributed by atoms with E-state index < -0.39 is 0 Å². The number of nitrogens with zero attached hydrogens (tertiary/aromatic N) is 1. The van der Waals surface area contributed by atoms with E-state index in [0.29, 0.717) is 0 Å². The molecule has 1 aromatic rings. The Kier molecular flexibility index (Phi) is 2.12. The standard InChI is InChI=1S/C10H10BrNO/c1-7(13)12-5-8-2-3-10(11)4-9(8)6-12/h2-4H,5-6H2,1H3. The molecular formula is C10H10BrNO. The Bertz CT molecular complexity index is 362. The Morgan fingerprint density at radius 1 is 1.38 bits per heavy atom. The van der Waals surface area contributed by atoms with Crippen LogP contribution in [0.4, 0.5) is 0 Å². The second-order valence-electron chi connectivity index (χ2n) is 3.29. The molecule has 1 aliphatic rings. The van der Waals surface area contributed by atoms with Crippen molar-refractivity contribution in [3.8, 4) is 0 Å². The average Bonchev–Trinajstić information content (AvgIpc) is 2.46. The largest absolute Gasteiger partial charge is 0.334 e. The molecule has 3 heteroatoms. The highest BCUT2D eigenvalue weighted by molar-refractivity contribution is 9.10. The third kappa shape index (κ3) is 1.61. The summed E-state index contributed by atoms with van der Waals surface area (Å²) in [5.74, 6) is 0.146. The molecule has 1 aromatic carbocycles. The molecule has 2 nitrogen and oxygen atoms in total. The molecular weight excluding hydrogens is 230 g/mol. The van der Waals surface area contributed by atoms with Gasteiger partial charge in [-0.3, -0.25) is 4.79 Å². The molecule has 0 spiro atoms. The first kappa shape index (κ1) is 8.75. The molecule has 0 atom stereocenters. The van der Waals surface area contributed by atoms with Crippen molar-refractivity contribution in [1.82, 2.24) is 4.90 Å². The van der Waals surface area contributed by atoms with Crippen LogP contribution in [0.15, 0.2) is 22.7 Å². The first-order valence-electron chi connectivity index (χ1n) is 4.19. The molecule has 0 fully saturated rings. The van der Waals surface area contributed by atoms with Gasteiger partial charge in [0, 0.05) is 24.5 Å². The van der Waals surface area contributed by atoms with Crippen molar-refractivity contribution >= 4 is 21.8 Å². The summed E-state index contributed by atoms with van der Waals surface area (Å²) in [6, 6.07) is 6.17. The molecule has 1 aliphatic heterocycles. The van der Waals surface area contributed by atoms with E-state index in [1.165, 1.54) is 11.1 Å². The van der Waals surface area contributed by atoms with Crippen molar-refractivity contribution in [3.05, 3.63) is 33.8 Å². The molecule has 0 aromatic heterocycles. The maximum atomic E-state index is 11.1. The van der Waals surface area contributed by atoms with Gasteiger partial charge in [-0.15, -0.1) is 0 Å². The summed E-state index contributed by atoms with van der Waals surface area (Å²) in [6.45, 7) is 3.13. The minimum atomic E-state index is 0.146. The zero-order chi connectivity index (χ0) is 9.42. The van der Waals surface area contributed by atoms with Crippen molar-refractivity contribution in [2.45, 2.75) is 20.0 Å². The molecule has 0 saturated carbocycles. The minimum Gasteiger partial charge on any atom is -0.334 e. The van der Waals surface area contributed by atoms with Crippen LogP contribution < -0.4 is 0 Å². The van der Waals surface area contributed by atoms with E-state index in [0.717, 1.165) is 17.6 Å². The second-order valence-corrected chi connectivity index (χ2v) is 4.20. The molecule has 1 amide bonds. The number of hydrogen-bond acceptors (Lipinski definition) is 1. The maximum Gasteiger partial charge on any atom is 0.220 e. The lowest BCUT2D eigenvalue weighted by Gasteiger charge is -2.10. The molecule has 68 valence electrons. The van der Waals surface area contributed by atoms with Gasteiger partial charge in [-0.2, -0.15) is 0 Å². The van der Waals surface area contributed by atoms with Gasteiger partial charge < -0.3 is 4.90 Å². The van der Waals surface area contributed by atoms with E-state index >= 15 is 0 Å². The van der Waals surface area contributed by atoms with E-state index in [9.17, 15) is 4.79 Å². The number of carbonyl (C=O) groups excluding carboxylic acids is 1. The van der Waals surface area contributed by atoms with Crippen LogP contribution >= 0.6 is 15.9 Å². The molecule has 0 aliphatic carbocycles. The Morgan fingerprint density at radius 2 is 2.08 bits per heavy atom. The van der Waals surface area contributed by atoms with Crippen molar-refractivity contribution in [3.63, 3.8) is 0 Å². The van der Waals surface area contributed by atoms with Gasteiger partial charge in [0.2, 0.25) is 5.91 Å². The van der Waals surface area contributed by atoms with E-state index in [2.05, 4.69) is 28.1 Å². The van der Waals surface area contributed by atoms with Crippen LogP contribution in [0.1, 0.15) is 18.1 Å². The summed E-state index contributed by atoms with van der Waals surface area (Å²) in [6.07, 6.45) is 0. The molecule has 0 N–H and O–H groups in total. The van der Waals surface area contributed by atoms with E-state index in [-0.39, 0.29) is 5.91 Å². The Labute approximate surface area is 85.7 Å². The fraction of sp³-hybridized carbons (Fsp3) is 0.300. The van der Waals surface area contributed by atoms with E-state index in [1.807, 2.05) is 11.0 Å². The molecule has 1 heterocycles. The number of amides is 1. The van der Waals surface area contributed by atoms with Crippen molar-refractivity contribution in [2.75, 3.05) is 0 Å². The number of hydrogen-bond donors (Lipinski definition) is 0. The van der Waals surface area contributed by atoms with E-state index in [4.69, 9.17) is 0 Å². The third-order valence-corrected chi connectivity index (χ3v) is 2.83. The Morgan fingerprint density at radius 3 is 2.77 bits per heavy atom. The van der Waals surface area contributed by atoms with Gasteiger partial charge in [-0.1, -0.05) is 22.0 Å². The van der Waals surface area contributed by atoms with Gasteiger partial charge in [0.25, 0.3) is 0 Å². The van der Waals surface area contributed by atoms with Crippen molar-refractivity contribution < 1.29 is 4.79 Å². The van der Waals surface area contributed by atoms with Gasteiger partial charge in [0.15, 0.2) is 0 Å². The maximum absolute atomic E-state index is 11.1. The predicted octanol–water partition coefficient (Wildman–Crippen LogP) is 2.31. The van der Waals surface area contributed by atoms with Gasteiger partial charge in [-0.25, -0.2) is 0 Å². The molecule has 13 heavy (non-hydrogen) atoms. The topological polar surface area (TPSA) is 20.3 Å². The highest BCUT2D eigenvalue weighted by atomic mass is 79.9. The first-order chi connectivity index (χ1) is 6.16. The molecule has 0 bridgehead atoms. The van der Waals surface area contributed by atoms with Crippen LogP contribution in [-0.2, 0) is 17.9 Å². The minimum absolute atomic E-state index is 0.146. The monoisotopic (exact) mass is 239 g/mol. The predicted molar refractivity (Wildman–Crippen MR) is 54.1 cm³/mol. The van der Waals surface area contributed by atoms with Gasteiger partial charge in [0.1, 0.15) is 0 Å². The van der Waals surface area contributed by atoms with Gasteiger partial charge in [0.05, 0.1) is 0 Å². The number of carbonyl (C=O) groups is 1. The Balaban J connectivity index is 2.30. The van der Waals surface area contributed by atoms with Crippen LogP contribution in [0.5, 0.6) is 0 Å². The fourth-order valence-electron chi connectivity index (χ4n) is 1.59. The zero-order valence-electron chi connectivity index (χ0n) is 7.38. The van der Waals surface area contributed by atoms with Crippen LogP contribution in [0, 0.1) is 0 Å². The number of benzene rings is 1. The zero-order valence-corrected chi connectivity index (χ0v) is 8.97. The quantitative estimate of drug-likeness (QED) is 0.681. The molecule has 2 rings (SSSR count). The highest BCUT2D eigenvalue weighted by Crippen LogP contribution is 2.25. The lowest BCUT2D eigenvalue weighted by Crippen LogP contribution is -2.21. The summed E-state index contributed by atoms with van der Waals surface area (Å²) in [7, 11) is 0. The smallest absolute Gasteiger partial charge is 0.220 e. The van der Waals surface area contributed by atoms with Crippen molar-refractivity contribution in [1.29, 1.82) is 0 Å². The number of rotatable bonds is 0. The molecule has 0 saturated heterocycles. The highest BCUT2D eigenvalue weighted by Gasteiger charge is 2.20. The van der Waals surface area contributed by atoms with Crippen molar-refractivity contribution in [2.24, 2.45) is 0 Å². The normalized spacial score (nSPS) is 14.5. The van der Waals surface area contributed by atoms with Crippen LogP contribution in [-0.4, -0.2) is 10.8 Å². The lowest BCUT2D eigenvalue weighted by atomic mass is 10.1. The summed E-state index contributed by atoms with van der Waals surface area (Å²) < 4.78 is 1.08. The summed E-state index contributed by atoms with van der Waals surface area (Å²) >= 11 is 3.42. The van der Waals surface area contributed by atoms with E-state index in [1.54, 1.807) is 6.92 Å². The second kappa shape index (κ2) is 3.14. The van der Waals surface area contributed by atoms with Gasteiger partial charge >= 0.3 is 0 Å². The third-order valence-electron chi connectivity index (χ3n) is 2.34. The Hall–Kier alpha value is -0.830. The van der Waals surface area contributed by atoms with Crippen LogP contribution in [0.25, 0.3) is 0 Å². The molecule has 0 unspecified atom stereocenters. The summed E-state index contributed by atoms with van der Waals surface area (Å²) in [5, 5.41) is 0. The van der Waals surface area contributed by atoms with Gasteiger partial charge in [-0.05, 0) is 23.3 Å². The number of fused-ring (bicyclic) bond motifs is 1. The molecule has 0 radical (unpaired) electrons. The lowest BCUT2D eigenvalue weighted by molar-refractivity contribution is -0.129. The van der Waals surface area contributed by atoms with Crippen LogP contribution in [0.2, 0.25) is 0 Å². The average molecular weight is 240 g/mol. The first-order valence-corrected chi connectivity index (χ1v) is 4.99. The number of halogens is 1. The SMILES string of the molecule is CC(=O)N1Cc2ccc(Br)cc2C1. The van der Waals surface area contributed by atoms with Crippen LogP contribution in [0.3, 0.4) is 0 Å². The summed E-state index contributed by atoms with van der Waals surface area (Å²) in [5.41, 5.74) is 2.52. The fourth-order valence-corrected chi connectivity index (χ4v) is 1.99. The summed E-state index contributed by atoms with van der Waals surface area (Å²) in [4.78, 5) is 13.0.